The maximum atomic E-state index is 10.7. The molecule has 0 aromatic heterocycles. The summed E-state index contributed by atoms with van der Waals surface area (Å²) in [6.45, 7) is 5.29. The molecule has 58 valence electrons. The van der Waals surface area contributed by atoms with Crippen LogP contribution in [-0.2, 0) is 4.79 Å². The quantitative estimate of drug-likeness (QED) is 0.551. The molecule has 0 spiro atoms. The average molecular weight is 142 g/mol. The number of amides is 1. The van der Waals surface area contributed by atoms with Crippen molar-refractivity contribution in [2.45, 2.75) is 19.9 Å². The summed E-state index contributed by atoms with van der Waals surface area (Å²) < 4.78 is 0. The van der Waals surface area contributed by atoms with Gasteiger partial charge in [0, 0.05) is 32.0 Å². The molecule has 3 nitrogen and oxygen atoms in total. The van der Waals surface area contributed by atoms with Crippen LogP contribution in [0, 0.1) is 5.92 Å². The Hall–Kier alpha value is -0.570. The minimum absolute atomic E-state index is 0.164. The van der Waals surface area contributed by atoms with Gasteiger partial charge in [-0.2, -0.15) is 0 Å². The summed E-state index contributed by atoms with van der Waals surface area (Å²) in [7, 11) is 0. The first-order valence-corrected chi connectivity index (χ1v) is 3.62. The van der Waals surface area contributed by atoms with Crippen molar-refractivity contribution < 1.29 is 4.79 Å². The van der Waals surface area contributed by atoms with Crippen molar-refractivity contribution in [2.75, 3.05) is 13.1 Å². The van der Waals surface area contributed by atoms with E-state index in [2.05, 4.69) is 0 Å². The summed E-state index contributed by atoms with van der Waals surface area (Å²) in [5.41, 5.74) is 5.62. The molecule has 10 heavy (non-hydrogen) atoms. The molecule has 1 aliphatic heterocycles. The lowest BCUT2D eigenvalue weighted by Crippen LogP contribution is -2.55. The lowest BCUT2D eigenvalue weighted by atomic mass is 9.93. The van der Waals surface area contributed by atoms with Crippen LogP contribution >= 0.6 is 0 Å². The number of carbonyl (C=O) groups excluding carboxylic acids is 1. The van der Waals surface area contributed by atoms with Crippen molar-refractivity contribution in [2.24, 2.45) is 11.7 Å². The highest BCUT2D eigenvalue weighted by Gasteiger charge is 2.30. The van der Waals surface area contributed by atoms with E-state index < -0.39 is 0 Å². The van der Waals surface area contributed by atoms with Crippen LogP contribution in [0.4, 0.5) is 0 Å². The Labute approximate surface area is 61.2 Å². The minimum Gasteiger partial charge on any atom is -0.342 e. The highest BCUT2D eigenvalue weighted by Crippen LogP contribution is 2.17. The molecule has 1 rings (SSSR count). The third-order valence-electron chi connectivity index (χ3n) is 2.10. The normalized spacial score (nSPS) is 22.1. The Kier molecular flexibility index (Phi) is 1.94. The van der Waals surface area contributed by atoms with Gasteiger partial charge in [0.15, 0.2) is 0 Å². The van der Waals surface area contributed by atoms with Gasteiger partial charge in [-0.05, 0) is 6.92 Å². The Morgan fingerprint density at radius 1 is 1.70 bits per heavy atom. The number of rotatable bonds is 1. The molecule has 1 unspecified atom stereocenters. The molecule has 1 saturated heterocycles. The fourth-order valence-corrected chi connectivity index (χ4v) is 1.10. The highest BCUT2D eigenvalue weighted by molar-refractivity contribution is 5.74. The Morgan fingerprint density at radius 2 is 2.20 bits per heavy atom. The second-order valence-corrected chi connectivity index (χ2v) is 3.04. The van der Waals surface area contributed by atoms with E-state index in [1.807, 2.05) is 11.8 Å². The van der Waals surface area contributed by atoms with Crippen LogP contribution in [0.5, 0.6) is 0 Å². The Morgan fingerprint density at radius 3 is 2.50 bits per heavy atom. The average Bonchev–Trinajstić information content (AvgIpc) is 1.56. The van der Waals surface area contributed by atoms with E-state index in [0.717, 1.165) is 13.1 Å². The number of nitrogens with zero attached hydrogens (tertiary/aromatic N) is 1. The first kappa shape index (κ1) is 7.54. The molecule has 0 saturated carbocycles. The van der Waals surface area contributed by atoms with Gasteiger partial charge in [-0.3, -0.25) is 4.79 Å². The zero-order valence-electron chi connectivity index (χ0n) is 6.50. The topological polar surface area (TPSA) is 46.3 Å². The summed E-state index contributed by atoms with van der Waals surface area (Å²) in [5, 5.41) is 0. The molecule has 0 radical (unpaired) electrons. The van der Waals surface area contributed by atoms with Crippen LogP contribution in [0.3, 0.4) is 0 Å². The van der Waals surface area contributed by atoms with Crippen molar-refractivity contribution in [3.8, 4) is 0 Å². The van der Waals surface area contributed by atoms with Gasteiger partial charge in [0.05, 0.1) is 0 Å². The third kappa shape index (κ3) is 1.29. The fourth-order valence-electron chi connectivity index (χ4n) is 1.10. The molecule has 0 aromatic rings. The van der Waals surface area contributed by atoms with Crippen molar-refractivity contribution in [3.63, 3.8) is 0 Å². The second-order valence-electron chi connectivity index (χ2n) is 3.04. The number of carbonyl (C=O) groups is 1. The molecule has 0 bridgehead atoms. The molecule has 1 amide bonds. The first-order valence-electron chi connectivity index (χ1n) is 3.62. The largest absolute Gasteiger partial charge is 0.342 e. The Bertz CT molecular complexity index is 139. The predicted octanol–water partition coefficient (Wildman–Crippen LogP) is -0.188. The predicted molar refractivity (Wildman–Crippen MR) is 39.4 cm³/mol. The van der Waals surface area contributed by atoms with Crippen LogP contribution in [0.1, 0.15) is 13.8 Å². The maximum absolute atomic E-state index is 10.7. The molecule has 1 atom stereocenters. The minimum atomic E-state index is 0.164. The number of likely N-dealkylation sites (tertiary alicyclic amines) is 1. The molecule has 1 aliphatic rings. The zero-order chi connectivity index (χ0) is 7.72. The molecular weight excluding hydrogens is 128 g/mol. The molecule has 0 aliphatic carbocycles. The summed E-state index contributed by atoms with van der Waals surface area (Å²) in [5.74, 6) is 0.695. The molecule has 1 heterocycles. The summed E-state index contributed by atoms with van der Waals surface area (Å²) >= 11 is 0. The monoisotopic (exact) mass is 142 g/mol. The summed E-state index contributed by atoms with van der Waals surface area (Å²) in [4.78, 5) is 12.5. The lowest BCUT2D eigenvalue weighted by Gasteiger charge is -2.40. The van der Waals surface area contributed by atoms with Crippen LogP contribution in [0.2, 0.25) is 0 Å². The first-order chi connectivity index (χ1) is 4.61. The summed E-state index contributed by atoms with van der Waals surface area (Å²) in [6, 6.07) is 0.232. The van der Waals surface area contributed by atoms with Crippen molar-refractivity contribution in [1.29, 1.82) is 0 Å². The number of hydrogen-bond acceptors (Lipinski definition) is 2. The van der Waals surface area contributed by atoms with E-state index in [4.69, 9.17) is 5.73 Å². The van der Waals surface area contributed by atoms with Gasteiger partial charge in [0.1, 0.15) is 0 Å². The smallest absolute Gasteiger partial charge is 0.219 e. The van der Waals surface area contributed by atoms with E-state index >= 15 is 0 Å². The molecule has 1 fully saturated rings. The van der Waals surface area contributed by atoms with Gasteiger partial charge in [0.25, 0.3) is 0 Å². The third-order valence-corrected chi connectivity index (χ3v) is 2.10. The van der Waals surface area contributed by atoms with Crippen molar-refractivity contribution in [1.82, 2.24) is 4.90 Å². The fraction of sp³-hybridized carbons (Fsp3) is 0.857. The number of nitrogens with two attached hydrogens (primary N) is 1. The van der Waals surface area contributed by atoms with Crippen LogP contribution in [0.15, 0.2) is 0 Å². The Balaban J connectivity index is 2.24. The lowest BCUT2D eigenvalue weighted by molar-refractivity contribution is -0.135. The van der Waals surface area contributed by atoms with E-state index in [1.165, 1.54) is 0 Å². The van der Waals surface area contributed by atoms with Gasteiger partial charge in [0.2, 0.25) is 5.91 Å². The van der Waals surface area contributed by atoms with Gasteiger partial charge in [-0.1, -0.05) is 0 Å². The SMILES string of the molecule is CC(=O)N1CC(C(C)N)C1. The van der Waals surface area contributed by atoms with Gasteiger partial charge >= 0.3 is 0 Å². The van der Waals surface area contributed by atoms with Gasteiger partial charge < -0.3 is 10.6 Å². The highest BCUT2D eigenvalue weighted by atomic mass is 16.2. The number of hydrogen-bond donors (Lipinski definition) is 1. The molecular formula is C7H14N2O. The summed E-state index contributed by atoms with van der Waals surface area (Å²) in [6.07, 6.45) is 0. The van der Waals surface area contributed by atoms with E-state index in [-0.39, 0.29) is 11.9 Å². The molecule has 0 aromatic carbocycles. The molecule has 3 heteroatoms. The van der Waals surface area contributed by atoms with Crippen molar-refractivity contribution >= 4 is 5.91 Å². The van der Waals surface area contributed by atoms with Gasteiger partial charge in [-0.25, -0.2) is 0 Å². The second kappa shape index (κ2) is 2.58. The van der Waals surface area contributed by atoms with Crippen LogP contribution in [0.25, 0.3) is 0 Å². The maximum Gasteiger partial charge on any atom is 0.219 e. The van der Waals surface area contributed by atoms with E-state index in [9.17, 15) is 4.79 Å². The molecule has 2 N–H and O–H groups in total. The van der Waals surface area contributed by atoms with Crippen LogP contribution < -0.4 is 5.73 Å². The van der Waals surface area contributed by atoms with Crippen molar-refractivity contribution in [3.05, 3.63) is 0 Å². The van der Waals surface area contributed by atoms with Gasteiger partial charge in [-0.15, -0.1) is 0 Å². The van der Waals surface area contributed by atoms with Crippen LogP contribution in [-0.4, -0.2) is 29.9 Å². The van der Waals surface area contributed by atoms with E-state index in [0.29, 0.717) is 5.92 Å². The standard InChI is InChI=1S/C7H14N2O/c1-5(8)7-3-9(4-7)6(2)10/h5,7H,3-4,8H2,1-2H3. The zero-order valence-corrected chi connectivity index (χ0v) is 6.50. The van der Waals surface area contributed by atoms with E-state index in [1.54, 1.807) is 6.92 Å².